The largest absolute Gasteiger partial charge is 0.495 e. The maximum atomic E-state index is 12.8. The van der Waals surface area contributed by atoms with E-state index in [0.717, 1.165) is 0 Å². The molecule has 7 heteroatoms. The van der Waals surface area contributed by atoms with E-state index in [4.69, 9.17) is 10.5 Å². The second-order valence-electron chi connectivity index (χ2n) is 6.58. The van der Waals surface area contributed by atoms with E-state index < -0.39 is 0 Å². The van der Waals surface area contributed by atoms with Gasteiger partial charge in [0.15, 0.2) is 0 Å². The van der Waals surface area contributed by atoms with Gasteiger partial charge in [-0.3, -0.25) is 14.4 Å². The van der Waals surface area contributed by atoms with Crippen molar-refractivity contribution in [3.8, 4) is 5.75 Å². The van der Waals surface area contributed by atoms with Crippen LogP contribution in [0.1, 0.15) is 19.3 Å². The third-order valence-electron chi connectivity index (χ3n) is 5.06. The number of carbonyl (C=O) groups is 3. The summed E-state index contributed by atoms with van der Waals surface area (Å²) in [7, 11) is 1.56. The number of nitrogens with two attached hydrogens (primary N) is 1. The maximum absolute atomic E-state index is 12.8. The number of rotatable bonds is 4. The van der Waals surface area contributed by atoms with Crippen molar-refractivity contribution in [2.75, 3.05) is 31.6 Å². The van der Waals surface area contributed by atoms with Crippen molar-refractivity contribution in [1.82, 2.24) is 4.90 Å². The molecule has 2 fully saturated rings. The Morgan fingerprint density at radius 2 is 1.84 bits per heavy atom. The number of para-hydroxylation sites is 2. The van der Waals surface area contributed by atoms with Crippen LogP contribution in [0.2, 0.25) is 0 Å². The molecule has 2 saturated heterocycles. The number of hydrogen-bond acceptors (Lipinski definition) is 4. The molecule has 0 aliphatic carbocycles. The fraction of sp³-hybridized carbons (Fsp3) is 0.500. The van der Waals surface area contributed by atoms with Gasteiger partial charge in [0.1, 0.15) is 5.75 Å². The van der Waals surface area contributed by atoms with Crippen LogP contribution in [-0.2, 0) is 14.4 Å². The Bertz CT molecular complexity index is 683. The third-order valence-corrected chi connectivity index (χ3v) is 5.06. The average molecular weight is 345 g/mol. The fourth-order valence-electron chi connectivity index (χ4n) is 3.60. The van der Waals surface area contributed by atoms with Gasteiger partial charge in [-0.25, -0.2) is 0 Å². The van der Waals surface area contributed by atoms with Gasteiger partial charge >= 0.3 is 0 Å². The van der Waals surface area contributed by atoms with E-state index in [9.17, 15) is 14.4 Å². The van der Waals surface area contributed by atoms with Crippen LogP contribution in [-0.4, -0.2) is 49.4 Å². The Balaban J connectivity index is 1.66. The summed E-state index contributed by atoms with van der Waals surface area (Å²) in [5.41, 5.74) is 6.03. The Hall–Kier alpha value is -2.57. The van der Waals surface area contributed by atoms with Crippen LogP contribution < -0.4 is 15.4 Å². The molecule has 0 radical (unpaired) electrons. The molecule has 2 aliphatic heterocycles. The topological polar surface area (TPSA) is 92.9 Å². The highest BCUT2D eigenvalue weighted by molar-refractivity contribution is 6.01. The number of ether oxygens (including phenoxy) is 1. The Morgan fingerprint density at radius 3 is 2.48 bits per heavy atom. The van der Waals surface area contributed by atoms with Crippen LogP contribution in [0.3, 0.4) is 0 Å². The first-order valence-electron chi connectivity index (χ1n) is 8.52. The minimum Gasteiger partial charge on any atom is -0.495 e. The lowest BCUT2D eigenvalue weighted by molar-refractivity contribution is -0.138. The van der Waals surface area contributed by atoms with Crippen molar-refractivity contribution in [2.45, 2.75) is 19.3 Å². The van der Waals surface area contributed by atoms with Crippen molar-refractivity contribution >= 4 is 23.4 Å². The van der Waals surface area contributed by atoms with Gasteiger partial charge in [-0.2, -0.15) is 0 Å². The average Bonchev–Trinajstić information content (AvgIpc) is 3.02. The molecular formula is C18H23N3O4. The van der Waals surface area contributed by atoms with Crippen LogP contribution in [0.25, 0.3) is 0 Å². The highest BCUT2D eigenvalue weighted by Gasteiger charge is 2.39. The van der Waals surface area contributed by atoms with Crippen LogP contribution in [0, 0.1) is 11.8 Å². The Morgan fingerprint density at radius 1 is 1.16 bits per heavy atom. The zero-order chi connectivity index (χ0) is 18.0. The van der Waals surface area contributed by atoms with E-state index >= 15 is 0 Å². The van der Waals surface area contributed by atoms with E-state index in [1.165, 1.54) is 0 Å². The molecule has 0 bridgehead atoms. The molecule has 1 aromatic carbocycles. The van der Waals surface area contributed by atoms with Gasteiger partial charge in [-0.1, -0.05) is 12.1 Å². The van der Waals surface area contributed by atoms with Crippen molar-refractivity contribution in [3.05, 3.63) is 24.3 Å². The highest BCUT2D eigenvalue weighted by Crippen LogP contribution is 2.33. The summed E-state index contributed by atoms with van der Waals surface area (Å²) in [4.78, 5) is 39.8. The van der Waals surface area contributed by atoms with Gasteiger partial charge in [0.2, 0.25) is 17.7 Å². The molecule has 2 N–H and O–H groups in total. The number of methoxy groups -OCH3 is 1. The SMILES string of the molecule is COc1ccccc1N1CC(C(=O)N2CCC(C(N)=O)CC2)CC1=O. The first kappa shape index (κ1) is 17.3. The number of carbonyl (C=O) groups excluding carboxylic acids is 3. The number of nitrogens with zero attached hydrogens (tertiary/aromatic N) is 2. The summed E-state index contributed by atoms with van der Waals surface area (Å²) < 4.78 is 5.32. The number of piperidine rings is 1. The normalized spacial score (nSPS) is 21.5. The molecule has 0 aromatic heterocycles. The van der Waals surface area contributed by atoms with Crippen LogP contribution in [0.4, 0.5) is 5.69 Å². The van der Waals surface area contributed by atoms with E-state index in [2.05, 4.69) is 0 Å². The molecule has 2 heterocycles. The minimum absolute atomic E-state index is 0.0198. The molecule has 0 saturated carbocycles. The monoisotopic (exact) mass is 345 g/mol. The fourth-order valence-corrected chi connectivity index (χ4v) is 3.60. The lowest BCUT2D eigenvalue weighted by Gasteiger charge is -2.32. The number of amides is 3. The molecule has 3 rings (SSSR count). The van der Waals surface area contributed by atoms with E-state index in [1.54, 1.807) is 23.0 Å². The Kier molecular flexibility index (Phi) is 4.92. The lowest BCUT2D eigenvalue weighted by Crippen LogP contribution is -2.44. The van der Waals surface area contributed by atoms with Crippen molar-refractivity contribution in [2.24, 2.45) is 17.6 Å². The Labute approximate surface area is 146 Å². The molecule has 134 valence electrons. The zero-order valence-electron chi connectivity index (χ0n) is 14.3. The smallest absolute Gasteiger partial charge is 0.228 e. The van der Waals surface area contributed by atoms with Gasteiger partial charge < -0.3 is 20.3 Å². The minimum atomic E-state index is -0.359. The summed E-state index contributed by atoms with van der Waals surface area (Å²) in [5, 5.41) is 0. The quantitative estimate of drug-likeness (QED) is 0.872. The van der Waals surface area contributed by atoms with Crippen molar-refractivity contribution in [1.29, 1.82) is 0 Å². The van der Waals surface area contributed by atoms with Gasteiger partial charge in [-0.15, -0.1) is 0 Å². The molecule has 1 atom stereocenters. The lowest BCUT2D eigenvalue weighted by atomic mass is 9.95. The zero-order valence-corrected chi connectivity index (χ0v) is 14.3. The summed E-state index contributed by atoms with van der Waals surface area (Å²) >= 11 is 0. The molecular weight excluding hydrogens is 322 g/mol. The van der Waals surface area contributed by atoms with E-state index in [-0.39, 0.29) is 36.0 Å². The number of likely N-dealkylation sites (tertiary alicyclic amines) is 1. The van der Waals surface area contributed by atoms with Crippen LogP contribution in [0.5, 0.6) is 5.75 Å². The predicted molar refractivity (Wildman–Crippen MR) is 92.0 cm³/mol. The number of benzene rings is 1. The van der Waals surface area contributed by atoms with Gasteiger partial charge in [0, 0.05) is 32.0 Å². The highest BCUT2D eigenvalue weighted by atomic mass is 16.5. The van der Waals surface area contributed by atoms with Gasteiger partial charge in [0.25, 0.3) is 0 Å². The maximum Gasteiger partial charge on any atom is 0.228 e. The second-order valence-corrected chi connectivity index (χ2v) is 6.58. The van der Waals surface area contributed by atoms with Crippen LogP contribution in [0.15, 0.2) is 24.3 Å². The first-order valence-corrected chi connectivity index (χ1v) is 8.52. The van der Waals surface area contributed by atoms with E-state index in [0.29, 0.717) is 43.9 Å². The van der Waals surface area contributed by atoms with E-state index in [1.807, 2.05) is 18.2 Å². The molecule has 3 amide bonds. The molecule has 0 spiro atoms. The van der Waals surface area contributed by atoms with Crippen molar-refractivity contribution in [3.63, 3.8) is 0 Å². The number of anilines is 1. The summed E-state index contributed by atoms with van der Waals surface area (Å²) in [6, 6.07) is 7.30. The summed E-state index contributed by atoms with van der Waals surface area (Å²) in [5.74, 6) is -0.290. The molecule has 7 nitrogen and oxygen atoms in total. The molecule has 1 aromatic rings. The van der Waals surface area contributed by atoms with Gasteiger partial charge in [0.05, 0.1) is 18.7 Å². The van der Waals surface area contributed by atoms with Crippen molar-refractivity contribution < 1.29 is 19.1 Å². The first-order chi connectivity index (χ1) is 12.0. The molecule has 2 aliphatic rings. The van der Waals surface area contributed by atoms with Gasteiger partial charge in [-0.05, 0) is 25.0 Å². The predicted octanol–water partition coefficient (Wildman–Crippen LogP) is 0.772. The number of hydrogen-bond donors (Lipinski definition) is 1. The second kappa shape index (κ2) is 7.13. The molecule has 25 heavy (non-hydrogen) atoms. The summed E-state index contributed by atoms with van der Waals surface area (Å²) in [6.45, 7) is 1.39. The molecule has 1 unspecified atom stereocenters. The summed E-state index contributed by atoms with van der Waals surface area (Å²) in [6.07, 6.45) is 1.39. The van der Waals surface area contributed by atoms with Crippen LogP contribution >= 0.6 is 0 Å². The standard InChI is InChI=1S/C18H23N3O4/c1-25-15-5-3-2-4-14(15)21-11-13(10-16(21)22)18(24)20-8-6-12(7-9-20)17(19)23/h2-5,12-13H,6-11H2,1H3,(H2,19,23). The number of primary amides is 1. The third kappa shape index (κ3) is 3.45.